The molecule has 0 bridgehead atoms. The number of likely N-dealkylation sites (tertiary alicyclic amines) is 1. The Bertz CT molecular complexity index is 117. The highest BCUT2D eigenvalue weighted by molar-refractivity contribution is 5.78. The minimum absolute atomic E-state index is 0.712. The molecule has 1 aliphatic rings. The molecule has 0 saturated carbocycles. The SMILES string of the molecule is CC.CCN=C(N)N1CCC1. The Labute approximate surface area is 69.3 Å². The van der Waals surface area contributed by atoms with Crippen molar-refractivity contribution < 1.29 is 0 Å². The van der Waals surface area contributed by atoms with Gasteiger partial charge in [-0.3, -0.25) is 4.99 Å². The van der Waals surface area contributed by atoms with Gasteiger partial charge in [-0.2, -0.15) is 0 Å². The zero-order valence-corrected chi connectivity index (χ0v) is 7.80. The Morgan fingerprint density at radius 1 is 1.45 bits per heavy atom. The van der Waals surface area contributed by atoms with Crippen molar-refractivity contribution in [2.45, 2.75) is 27.2 Å². The lowest BCUT2D eigenvalue weighted by Gasteiger charge is -2.31. The first-order valence-corrected chi connectivity index (χ1v) is 4.39. The van der Waals surface area contributed by atoms with Gasteiger partial charge in [-0.1, -0.05) is 13.8 Å². The van der Waals surface area contributed by atoms with Crippen molar-refractivity contribution >= 4 is 5.96 Å². The first-order chi connectivity index (χ1) is 5.34. The predicted molar refractivity (Wildman–Crippen MR) is 49.7 cm³/mol. The van der Waals surface area contributed by atoms with Gasteiger partial charge < -0.3 is 10.6 Å². The molecule has 0 aromatic rings. The molecule has 0 spiro atoms. The van der Waals surface area contributed by atoms with E-state index in [1.54, 1.807) is 0 Å². The number of hydrogen-bond donors (Lipinski definition) is 1. The van der Waals surface area contributed by atoms with Crippen LogP contribution in [0.15, 0.2) is 4.99 Å². The molecule has 0 aromatic carbocycles. The van der Waals surface area contributed by atoms with Crippen molar-refractivity contribution in [3.8, 4) is 0 Å². The summed E-state index contributed by atoms with van der Waals surface area (Å²) >= 11 is 0. The van der Waals surface area contributed by atoms with Crippen LogP contribution in [0.5, 0.6) is 0 Å². The maximum Gasteiger partial charge on any atom is 0.191 e. The number of nitrogens with zero attached hydrogens (tertiary/aromatic N) is 2. The monoisotopic (exact) mass is 157 g/mol. The van der Waals surface area contributed by atoms with Gasteiger partial charge in [-0.05, 0) is 13.3 Å². The summed E-state index contributed by atoms with van der Waals surface area (Å²) in [5.74, 6) is 0.712. The zero-order valence-electron chi connectivity index (χ0n) is 7.80. The molecule has 0 atom stereocenters. The van der Waals surface area contributed by atoms with E-state index in [0.29, 0.717) is 5.96 Å². The largest absolute Gasteiger partial charge is 0.370 e. The molecule has 0 unspecified atom stereocenters. The van der Waals surface area contributed by atoms with Crippen LogP contribution in [0.25, 0.3) is 0 Å². The van der Waals surface area contributed by atoms with E-state index in [0.717, 1.165) is 19.6 Å². The van der Waals surface area contributed by atoms with Crippen molar-refractivity contribution in [2.75, 3.05) is 19.6 Å². The van der Waals surface area contributed by atoms with Crippen LogP contribution >= 0.6 is 0 Å². The highest BCUT2D eigenvalue weighted by Gasteiger charge is 2.14. The molecule has 1 saturated heterocycles. The van der Waals surface area contributed by atoms with Crippen molar-refractivity contribution in [3.05, 3.63) is 0 Å². The minimum atomic E-state index is 0.712. The Kier molecular flexibility index (Phi) is 5.61. The molecule has 66 valence electrons. The molecule has 0 aliphatic carbocycles. The number of rotatable bonds is 1. The molecule has 1 rings (SSSR count). The Morgan fingerprint density at radius 3 is 2.27 bits per heavy atom. The first kappa shape index (κ1) is 10.3. The van der Waals surface area contributed by atoms with Crippen molar-refractivity contribution in [2.24, 2.45) is 10.7 Å². The van der Waals surface area contributed by atoms with Crippen molar-refractivity contribution in [1.82, 2.24) is 4.90 Å². The summed E-state index contributed by atoms with van der Waals surface area (Å²) in [4.78, 5) is 6.15. The van der Waals surface area contributed by atoms with Crippen LogP contribution < -0.4 is 5.73 Å². The molecule has 0 radical (unpaired) electrons. The third-order valence-corrected chi connectivity index (χ3v) is 1.50. The van der Waals surface area contributed by atoms with E-state index in [4.69, 9.17) is 5.73 Å². The summed E-state index contributed by atoms with van der Waals surface area (Å²) in [6, 6.07) is 0. The van der Waals surface area contributed by atoms with Gasteiger partial charge in [0, 0.05) is 19.6 Å². The molecule has 1 aliphatic heterocycles. The molecule has 11 heavy (non-hydrogen) atoms. The van der Waals surface area contributed by atoms with Gasteiger partial charge in [0.1, 0.15) is 0 Å². The van der Waals surface area contributed by atoms with E-state index in [1.165, 1.54) is 6.42 Å². The number of guanidine groups is 1. The molecule has 0 amide bonds. The van der Waals surface area contributed by atoms with Gasteiger partial charge in [-0.25, -0.2) is 0 Å². The fourth-order valence-electron chi connectivity index (χ4n) is 0.807. The Hall–Kier alpha value is -0.730. The third kappa shape index (κ3) is 3.25. The van der Waals surface area contributed by atoms with Crippen LogP contribution in [0.3, 0.4) is 0 Å². The van der Waals surface area contributed by atoms with Crippen LogP contribution in [0.1, 0.15) is 27.2 Å². The molecule has 3 heteroatoms. The van der Waals surface area contributed by atoms with Gasteiger partial charge in [0.25, 0.3) is 0 Å². The Morgan fingerprint density at radius 2 is 2.00 bits per heavy atom. The van der Waals surface area contributed by atoms with Gasteiger partial charge in [0.05, 0.1) is 0 Å². The second-order valence-electron chi connectivity index (χ2n) is 2.17. The van der Waals surface area contributed by atoms with Gasteiger partial charge in [-0.15, -0.1) is 0 Å². The molecule has 0 aromatic heterocycles. The van der Waals surface area contributed by atoms with Crippen molar-refractivity contribution in [3.63, 3.8) is 0 Å². The summed E-state index contributed by atoms with van der Waals surface area (Å²) in [6.45, 7) is 8.97. The first-order valence-electron chi connectivity index (χ1n) is 4.39. The van der Waals surface area contributed by atoms with Crippen LogP contribution in [-0.2, 0) is 0 Å². The zero-order chi connectivity index (χ0) is 8.69. The summed E-state index contributed by atoms with van der Waals surface area (Å²) in [6.07, 6.45) is 1.26. The molecular formula is C8H19N3. The van der Waals surface area contributed by atoms with Crippen LogP contribution in [-0.4, -0.2) is 30.5 Å². The van der Waals surface area contributed by atoms with Gasteiger partial charge in [0.15, 0.2) is 5.96 Å². The lowest BCUT2D eigenvalue weighted by atomic mass is 10.2. The number of nitrogens with two attached hydrogens (primary N) is 1. The molecule has 1 fully saturated rings. The standard InChI is InChI=1S/C6H13N3.C2H6/c1-2-8-6(7)9-4-3-5-9;1-2/h2-5H2,1H3,(H2,7,8);1-2H3. The van der Waals surface area contributed by atoms with E-state index in [-0.39, 0.29) is 0 Å². The molecule has 1 heterocycles. The quantitative estimate of drug-likeness (QED) is 0.456. The van der Waals surface area contributed by atoms with Gasteiger partial charge in [0.2, 0.25) is 0 Å². The molecule has 2 N–H and O–H groups in total. The highest BCUT2D eigenvalue weighted by atomic mass is 15.3. The average molecular weight is 157 g/mol. The minimum Gasteiger partial charge on any atom is -0.370 e. The lowest BCUT2D eigenvalue weighted by molar-refractivity contribution is 0.296. The predicted octanol–water partition coefficient (Wildman–Crippen LogP) is 1.05. The fraction of sp³-hybridized carbons (Fsp3) is 0.875. The summed E-state index contributed by atoms with van der Waals surface area (Å²) in [5.41, 5.74) is 5.57. The third-order valence-electron chi connectivity index (χ3n) is 1.50. The van der Waals surface area contributed by atoms with Gasteiger partial charge >= 0.3 is 0 Å². The van der Waals surface area contributed by atoms with E-state index in [9.17, 15) is 0 Å². The smallest absolute Gasteiger partial charge is 0.191 e. The van der Waals surface area contributed by atoms with Crippen molar-refractivity contribution in [1.29, 1.82) is 0 Å². The molecular weight excluding hydrogens is 138 g/mol. The highest BCUT2D eigenvalue weighted by Crippen LogP contribution is 2.03. The number of aliphatic imine (C=N–C) groups is 1. The van der Waals surface area contributed by atoms with E-state index < -0.39 is 0 Å². The summed E-state index contributed by atoms with van der Waals surface area (Å²) in [7, 11) is 0. The fourth-order valence-corrected chi connectivity index (χ4v) is 0.807. The second kappa shape index (κ2) is 6.01. The average Bonchev–Trinajstić information content (AvgIpc) is 1.89. The van der Waals surface area contributed by atoms with Crippen LogP contribution in [0.4, 0.5) is 0 Å². The summed E-state index contributed by atoms with van der Waals surface area (Å²) in [5, 5.41) is 0. The normalized spacial score (nSPS) is 16.6. The van der Waals surface area contributed by atoms with E-state index >= 15 is 0 Å². The van der Waals surface area contributed by atoms with E-state index in [1.807, 2.05) is 20.8 Å². The summed E-state index contributed by atoms with van der Waals surface area (Å²) < 4.78 is 0. The molecule has 3 nitrogen and oxygen atoms in total. The second-order valence-corrected chi connectivity index (χ2v) is 2.17. The number of hydrogen-bond acceptors (Lipinski definition) is 1. The lowest BCUT2D eigenvalue weighted by Crippen LogP contribution is -2.46. The maximum absolute atomic E-state index is 5.57. The maximum atomic E-state index is 5.57. The van der Waals surface area contributed by atoms with E-state index in [2.05, 4.69) is 9.89 Å². The Balaban J connectivity index is 0.000000461. The topological polar surface area (TPSA) is 41.6 Å². The van der Waals surface area contributed by atoms with Crippen LogP contribution in [0.2, 0.25) is 0 Å². The van der Waals surface area contributed by atoms with Crippen LogP contribution in [0, 0.1) is 0 Å².